The Bertz CT molecular complexity index is 310. The van der Waals surface area contributed by atoms with E-state index in [-0.39, 0.29) is 0 Å². The van der Waals surface area contributed by atoms with Crippen LogP contribution in [0.5, 0.6) is 0 Å². The topological polar surface area (TPSA) is 17.1 Å². The van der Waals surface area contributed by atoms with E-state index in [2.05, 4.69) is 0 Å². The van der Waals surface area contributed by atoms with Crippen molar-refractivity contribution in [2.24, 2.45) is 0 Å². The zero-order chi connectivity index (χ0) is 9.68. The first-order valence-electron chi connectivity index (χ1n) is 4.27. The van der Waals surface area contributed by atoms with Crippen LogP contribution >= 0.6 is 0 Å². The number of allylic oxidation sites excluding steroid dienone is 1. The number of benzene rings is 1. The summed E-state index contributed by atoms with van der Waals surface area (Å²) < 4.78 is 11.6. The SMILES string of the molecule is CC(C)=CCS(=O)c1ccccc1. The smallest absolute Gasteiger partial charge is 0.0568 e. The molecule has 0 N–H and O–H groups in total. The van der Waals surface area contributed by atoms with Crippen molar-refractivity contribution >= 4 is 10.8 Å². The van der Waals surface area contributed by atoms with Gasteiger partial charge in [-0.3, -0.25) is 4.21 Å². The number of rotatable bonds is 3. The summed E-state index contributed by atoms with van der Waals surface area (Å²) in [5, 5.41) is 0. The van der Waals surface area contributed by atoms with E-state index in [4.69, 9.17) is 0 Å². The summed E-state index contributed by atoms with van der Waals surface area (Å²) in [5.41, 5.74) is 1.21. The van der Waals surface area contributed by atoms with Gasteiger partial charge in [0.15, 0.2) is 0 Å². The third-order valence-electron chi connectivity index (χ3n) is 1.65. The van der Waals surface area contributed by atoms with Crippen molar-refractivity contribution in [1.82, 2.24) is 0 Å². The molecule has 1 unspecified atom stereocenters. The lowest BCUT2D eigenvalue weighted by atomic mass is 10.3. The molecule has 1 rings (SSSR count). The Labute approximate surface area is 81.9 Å². The second-order valence-corrected chi connectivity index (χ2v) is 4.60. The van der Waals surface area contributed by atoms with E-state index in [1.807, 2.05) is 50.3 Å². The van der Waals surface area contributed by atoms with Crippen molar-refractivity contribution in [2.45, 2.75) is 18.7 Å². The van der Waals surface area contributed by atoms with Gasteiger partial charge in [0, 0.05) is 10.6 Å². The first kappa shape index (κ1) is 10.2. The summed E-state index contributed by atoms with van der Waals surface area (Å²) in [6.45, 7) is 4.03. The largest absolute Gasteiger partial charge is 0.254 e. The Morgan fingerprint density at radius 3 is 2.46 bits per heavy atom. The number of hydrogen-bond acceptors (Lipinski definition) is 1. The van der Waals surface area contributed by atoms with Gasteiger partial charge in [0.05, 0.1) is 10.8 Å². The Kier molecular flexibility index (Phi) is 3.90. The van der Waals surface area contributed by atoms with Crippen molar-refractivity contribution in [2.75, 3.05) is 5.75 Å². The highest BCUT2D eigenvalue weighted by molar-refractivity contribution is 7.85. The lowest BCUT2D eigenvalue weighted by Gasteiger charge is -1.97. The van der Waals surface area contributed by atoms with Crippen molar-refractivity contribution in [3.8, 4) is 0 Å². The van der Waals surface area contributed by atoms with Gasteiger partial charge in [-0.15, -0.1) is 0 Å². The molecule has 1 atom stereocenters. The van der Waals surface area contributed by atoms with Gasteiger partial charge in [0.25, 0.3) is 0 Å². The minimum absolute atomic E-state index is 0.617. The van der Waals surface area contributed by atoms with Crippen LogP contribution < -0.4 is 0 Å². The minimum atomic E-state index is -0.880. The minimum Gasteiger partial charge on any atom is -0.254 e. The highest BCUT2D eigenvalue weighted by Gasteiger charge is 1.99. The second kappa shape index (κ2) is 4.97. The molecule has 0 bridgehead atoms. The van der Waals surface area contributed by atoms with E-state index in [1.54, 1.807) is 0 Å². The zero-order valence-electron chi connectivity index (χ0n) is 7.99. The molecule has 1 nitrogen and oxygen atoms in total. The van der Waals surface area contributed by atoms with Gasteiger partial charge in [0.1, 0.15) is 0 Å². The van der Waals surface area contributed by atoms with Gasteiger partial charge in [-0.2, -0.15) is 0 Å². The molecule has 0 aliphatic rings. The monoisotopic (exact) mass is 194 g/mol. The van der Waals surface area contributed by atoms with Crippen LogP contribution in [0.25, 0.3) is 0 Å². The van der Waals surface area contributed by atoms with Crippen LogP contribution in [0.2, 0.25) is 0 Å². The fraction of sp³-hybridized carbons (Fsp3) is 0.273. The molecular formula is C11H14OS. The molecule has 0 amide bonds. The highest BCUT2D eigenvalue weighted by Crippen LogP contribution is 2.06. The Hall–Kier alpha value is -0.890. The number of hydrogen-bond donors (Lipinski definition) is 0. The predicted octanol–water partition coefficient (Wildman–Crippen LogP) is 2.76. The van der Waals surface area contributed by atoms with E-state index in [0.29, 0.717) is 5.75 Å². The fourth-order valence-corrected chi connectivity index (χ4v) is 2.05. The average molecular weight is 194 g/mol. The summed E-state index contributed by atoms with van der Waals surface area (Å²) in [6.07, 6.45) is 2.00. The first-order valence-corrected chi connectivity index (χ1v) is 5.59. The molecule has 0 saturated heterocycles. The molecule has 2 heteroatoms. The van der Waals surface area contributed by atoms with Crippen LogP contribution in [0.3, 0.4) is 0 Å². The summed E-state index contributed by atoms with van der Waals surface area (Å²) in [4.78, 5) is 0.903. The van der Waals surface area contributed by atoms with E-state index in [0.717, 1.165) is 4.90 Å². The van der Waals surface area contributed by atoms with E-state index in [9.17, 15) is 4.21 Å². The standard InChI is InChI=1S/C11H14OS/c1-10(2)8-9-13(12)11-6-4-3-5-7-11/h3-8H,9H2,1-2H3. The van der Waals surface area contributed by atoms with Crippen LogP contribution in [0.4, 0.5) is 0 Å². The van der Waals surface area contributed by atoms with Crippen LogP contribution in [0.15, 0.2) is 46.9 Å². The third-order valence-corrected chi connectivity index (χ3v) is 2.92. The van der Waals surface area contributed by atoms with E-state index in [1.165, 1.54) is 5.57 Å². The fourth-order valence-electron chi connectivity index (χ4n) is 0.911. The van der Waals surface area contributed by atoms with Gasteiger partial charge in [0.2, 0.25) is 0 Å². The van der Waals surface area contributed by atoms with Crippen molar-refractivity contribution in [3.05, 3.63) is 42.0 Å². The maximum absolute atomic E-state index is 11.6. The van der Waals surface area contributed by atoms with Gasteiger partial charge in [-0.25, -0.2) is 0 Å². The van der Waals surface area contributed by atoms with E-state index >= 15 is 0 Å². The van der Waals surface area contributed by atoms with Gasteiger partial charge in [-0.05, 0) is 26.0 Å². The third kappa shape index (κ3) is 3.55. The van der Waals surface area contributed by atoms with Gasteiger partial charge in [-0.1, -0.05) is 29.8 Å². The molecule has 0 radical (unpaired) electrons. The summed E-state index contributed by atoms with van der Waals surface area (Å²) >= 11 is 0. The summed E-state index contributed by atoms with van der Waals surface area (Å²) in [5.74, 6) is 0.617. The van der Waals surface area contributed by atoms with Gasteiger partial charge >= 0.3 is 0 Å². The summed E-state index contributed by atoms with van der Waals surface area (Å²) in [7, 11) is -0.880. The van der Waals surface area contributed by atoms with E-state index < -0.39 is 10.8 Å². The molecule has 13 heavy (non-hydrogen) atoms. The molecule has 0 aliphatic carbocycles. The van der Waals surface area contributed by atoms with Crippen molar-refractivity contribution < 1.29 is 4.21 Å². The van der Waals surface area contributed by atoms with Crippen molar-refractivity contribution in [1.29, 1.82) is 0 Å². The first-order chi connectivity index (χ1) is 6.20. The molecule has 1 aromatic rings. The normalized spacial score (nSPS) is 12.2. The molecule has 0 saturated carbocycles. The maximum Gasteiger partial charge on any atom is 0.0568 e. The quantitative estimate of drug-likeness (QED) is 0.676. The zero-order valence-corrected chi connectivity index (χ0v) is 8.80. The predicted molar refractivity (Wildman–Crippen MR) is 57.1 cm³/mol. The highest BCUT2D eigenvalue weighted by atomic mass is 32.2. The Morgan fingerprint density at radius 1 is 1.31 bits per heavy atom. The Balaban J connectivity index is 2.65. The molecular weight excluding hydrogens is 180 g/mol. The second-order valence-electron chi connectivity index (χ2n) is 3.11. The maximum atomic E-state index is 11.6. The van der Waals surface area contributed by atoms with Crippen LogP contribution in [-0.4, -0.2) is 9.96 Å². The molecule has 0 fully saturated rings. The van der Waals surface area contributed by atoms with Crippen LogP contribution in [0.1, 0.15) is 13.8 Å². The van der Waals surface area contributed by atoms with Gasteiger partial charge < -0.3 is 0 Å². The molecule has 1 aromatic carbocycles. The molecule has 0 heterocycles. The van der Waals surface area contributed by atoms with Crippen molar-refractivity contribution in [3.63, 3.8) is 0 Å². The Morgan fingerprint density at radius 2 is 1.92 bits per heavy atom. The lowest BCUT2D eigenvalue weighted by molar-refractivity contribution is 0.685. The average Bonchev–Trinajstić information content (AvgIpc) is 2.15. The molecule has 70 valence electrons. The molecule has 0 aliphatic heterocycles. The lowest BCUT2D eigenvalue weighted by Crippen LogP contribution is -1.94. The molecule has 0 aromatic heterocycles. The summed E-state index contributed by atoms with van der Waals surface area (Å²) in [6, 6.07) is 9.55. The molecule has 0 spiro atoms. The van der Waals surface area contributed by atoms with Crippen LogP contribution in [-0.2, 0) is 10.8 Å². The van der Waals surface area contributed by atoms with Crippen LogP contribution in [0, 0.1) is 0 Å².